The number of thioether (sulfide) groups is 1. The lowest BCUT2D eigenvalue weighted by Gasteiger charge is -2.36. The van der Waals surface area contributed by atoms with Crippen molar-refractivity contribution in [1.82, 2.24) is 29.6 Å². The number of hydrogen-bond acceptors (Lipinski definition) is 7. The molecule has 176 valence electrons. The average molecular weight is 458 g/mol. The first kappa shape index (κ1) is 23.5. The second kappa shape index (κ2) is 10.1. The minimum atomic E-state index is -0.0192. The van der Waals surface area contributed by atoms with Crippen molar-refractivity contribution in [3.05, 3.63) is 23.4 Å². The standard InChI is InChI=1S/C24H39N7S/c1-6-20-27-28-23(29(20)5)32-16-8-11-30-12-14-31(15-13-30)21-17-19(18-9-7-10-18)25-22(26-21)24(2,3)4/h17-18H,6-16H2,1-5H3. The molecule has 1 aliphatic carbocycles. The average Bonchev–Trinajstić information content (AvgIpc) is 3.09. The van der Waals surface area contributed by atoms with Gasteiger partial charge in [-0.2, -0.15) is 0 Å². The Balaban J connectivity index is 1.28. The molecule has 1 saturated carbocycles. The minimum absolute atomic E-state index is 0.0192. The highest BCUT2D eigenvalue weighted by atomic mass is 32.2. The van der Waals surface area contributed by atoms with Gasteiger partial charge in [-0.3, -0.25) is 4.90 Å². The van der Waals surface area contributed by atoms with Gasteiger partial charge in [-0.1, -0.05) is 45.9 Å². The molecule has 0 spiro atoms. The van der Waals surface area contributed by atoms with Crippen LogP contribution in [-0.4, -0.2) is 68.1 Å². The van der Waals surface area contributed by atoms with Crippen LogP contribution < -0.4 is 4.90 Å². The molecule has 0 radical (unpaired) electrons. The highest BCUT2D eigenvalue weighted by Gasteiger charge is 2.27. The molecule has 0 unspecified atom stereocenters. The molecular weight excluding hydrogens is 418 g/mol. The topological polar surface area (TPSA) is 63.0 Å². The molecule has 1 aliphatic heterocycles. The van der Waals surface area contributed by atoms with Crippen LogP contribution >= 0.6 is 11.8 Å². The quantitative estimate of drug-likeness (QED) is 0.438. The molecule has 2 fully saturated rings. The second-order valence-corrected chi connectivity index (χ2v) is 11.3. The van der Waals surface area contributed by atoms with Gasteiger partial charge in [0, 0.05) is 68.5 Å². The van der Waals surface area contributed by atoms with Gasteiger partial charge in [0.15, 0.2) is 5.16 Å². The van der Waals surface area contributed by atoms with Crippen molar-refractivity contribution in [2.45, 2.75) is 76.3 Å². The molecule has 2 aromatic heterocycles. The number of piperazine rings is 1. The molecule has 0 amide bonds. The maximum absolute atomic E-state index is 5.00. The van der Waals surface area contributed by atoms with Crippen LogP contribution in [-0.2, 0) is 18.9 Å². The van der Waals surface area contributed by atoms with Crippen LogP contribution in [0.5, 0.6) is 0 Å². The van der Waals surface area contributed by atoms with Gasteiger partial charge >= 0.3 is 0 Å². The molecule has 0 N–H and O–H groups in total. The lowest BCUT2D eigenvalue weighted by atomic mass is 9.82. The number of aromatic nitrogens is 5. The normalized spacial score (nSPS) is 18.2. The summed E-state index contributed by atoms with van der Waals surface area (Å²) in [5.41, 5.74) is 1.25. The number of hydrogen-bond donors (Lipinski definition) is 0. The molecule has 0 bridgehead atoms. The molecule has 3 heterocycles. The van der Waals surface area contributed by atoms with Gasteiger partial charge in [0.1, 0.15) is 17.5 Å². The Bertz CT molecular complexity index is 892. The third-order valence-electron chi connectivity index (χ3n) is 6.71. The van der Waals surface area contributed by atoms with E-state index >= 15 is 0 Å². The third kappa shape index (κ3) is 5.45. The summed E-state index contributed by atoms with van der Waals surface area (Å²) in [7, 11) is 2.06. The zero-order chi connectivity index (χ0) is 22.7. The van der Waals surface area contributed by atoms with Crippen molar-refractivity contribution in [1.29, 1.82) is 0 Å². The van der Waals surface area contributed by atoms with Crippen LogP contribution in [0.25, 0.3) is 0 Å². The lowest BCUT2D eigenvalue weighted by Crippen LogP contribution is -2.47. The Hall–Kier alpha value is -1.67. The Kier molecular flexibility index (Phi) is 7.40. The fourth-order valence-electron chi connectivity index (χ4n) is 4.29. The summed E-state index contributed by atoms with van der Waals surface area (Å²) < 4.78 is 2.12. The first-order valence-electron chi connectivity index (χ1n) is 12.2. The van der Waals surface area contributed by atoms with Gasteiger partial charge in [0.05, 0.1) is 0 Å². The maximum Gasteiger partial charge on any atom is 0.190 e. The molecule has 32 heavy (non-hydrogen) atoms. The van der Waals surface area contributed by atoms with E-state index in [2.05, 4.69) is 65.4 Å². The van der Waals surface area contributed by atoms with Gasteiger partial charge in [0.25, 0.3) is 0 Å². The Morgan fingerprint density at radius 1 is 1.06 bits per heavy atom. The molecular formula is C24H39N7S. The smallest absolute Gasteiger partial charge is 0.190 e. The van der Waals surface area contributed by atoms with Gasteiger partial charge in [-0.25, -0.2) is 9.97 Å². The fourth-order valence-corrected chi connectivity index (χ4v) is 5.15. The Morgan fingerprint density at radius 3 is 2.41 bits per heavy atom. The summed E-state index contributed by atoms with van der Waals surface area (Å²) in [6, 6.07) is 2.27. The van der Waals surface area contributed by atoms with Gasteiger partial charge in [-0.15, -0.1) is 10.2 Å². The summed E-state index contributed by atoms with van der Waals surface area (Å²) in [6.07, 6.45) is 5.99. The van der Waals surface area contributed by atoms with Crippen LogP contribution in [0.4, 0.5) is 5.82 Å². The first-order chi connectivity index (χ1) is 15.3. The van der Waals surface area contributed by atoms with Gasteiger partial charge in [0.2, 0.25) is 0 Å². The van der Waals surface area contributed by atoms with E-state index in [4.69, 9.17) is 9.97 Å². The predicted molar refractivity (Wildman–Crippen MR) is 132 cm³/mol. The van der Waals surface area contributed by atoms with Crippen molar-refractivity contribution in [2.75, 3.05) is 43.4 Å². The number of aryl methyl sites for hydroxylation is 1. The summed E-state index contributed by atoms with van der Waals surface area (Å²) in [5.74, 6) is 4.91. The van der Waals surface area contributed by atoms with Crippen LogP contribution in [0.2, 0.25) is 0 Å². The summed E-state index contributed by atoms with van der Waals surface area (Å²) >= 11 is 1.82. The van der Waals surface area contributed by atoms with E-state index in [1.807, 2.05) is 11.8 Å². The van der Waals surface area contributed by atoms with Crippen LogP contribution in [0.15, 0.2) is 11.2 Å². The van der Waals surface area contributed by atoms with Gasteiger partial charge in [-0.05, 0) is 25.8 Å². The SMILES string of the molecule is CCc1nnc(SCCCN2CCN(c3cc(C4CCC4)nc(C(C)(C)C)n3)CC2)n1C. The molecule has 2 aromatic rings. The number of nitrogens with zero attached hydrogens (tertiary/aromatic N) is 7. The van der Waals surface area contributed by atoms with Crippen molar-refractivity contribution in [3.63, 3.8) is 0 Å². The van der Waals surface area contributed by atoms with E-state index in [1.165, 1.54) is 31.4 Å². The van der Waals surface area contributed by atoms with E-state index in [0.717, 1.165) is 67.5 Å². The molecule has 0 atom stereocenters. The predicted octanol–water partition coefficient (Wildman–Crippen LogP) is 4.04. The number of rotatable bonds is 8. The van der Waals surface area contributed by atoms with Crippen molar-refractivity contribution in [2.24, 2.45) is 7.05 Å². The Morgan fingerprint density at radius 2 is 1.81 bits per heavy atom. The highest BCUT2D eigenvalue weighted by molar-refractivity contribution is 7.99. The minimum Gasteiger partial charge on any atom is -0.354 e. The van der Waals surface area contributed by atoms with E-state index in [1.54, 1.807) is 0 Å². The molecule has 2 aliphatic rings. The zero-order valence-electron chi connectivity index (χ0n) is 20.5. The van der Waals surface area contributed by atoms with Crippen LogP contribution in [0, 0.1) is 0 Å². The second-order valence-electron chi connectivity index (χ2n) is 10.2. The fraction of sp³-hybridized carbons (Fsp3) is 0.750. The maximum atomic E-state index is 5.00. The van der Waals surface area contributed by atoms with Crippen molar-refractivity contribution < 1.29 is 0 Å². The molecule has 1 saturated heterocycles. The number of anilines is 1. The van der Waals surface area contributed by atoms with E-state index in [0.29, 0.717) is 5.92 Å². The lowest BCUT2D eigenvalue weighted by molar-refractivity contribution is 0.258. The van der Waals surface area contributed by atoms with E-state index in [-0.39, 0.29) is 5.41 Å². The van der Waals surface area contributed by atoms with E-state index < -0.39 is 0 Å². The van der Waals surface area contributed by atoms with Crippen molar-refractivity contribution in [3.8, 4) is 0 Å². The highest BCUT2D eigenvalue weighted by Crippen LogP contribution is 2.37. The van der Waals surface area contributed by atoms with E-state index in [9.17, 15) is 0 Å². The molecule has 0 aromatic carbocycles. The monoisotopic (exact) mass is 457 g/mol. The first-order valence-corrected chi connectivity index (χ1v) is 13.2. The third-order valence-corrected chi connectivity index (χ3v) is 7.82. The molecule has 7 nitrogen and oxygen atoms in total. The van der Waals surface area contributed by atoms with Crippen molar-refractivity contribution >= 4 is 17.6 Å². The van der Waals surface area contributed by atoms with Gasteiger partial charge < -0.3 is 9.47 Å². The van der Waals surface area contributed by atoms with Crippen LogP contribution in [0.3, 0.4) is 0 Å². The summed E-state index contributed by atoms with van der Waals surface area (Å²) in [6.45, 7) is 14.2. The largest absolute Gasteiger partial charge is 0.354 e. The zero-order valence-corrected chi connectivity index (χ0v) is 21.3. The van der Waals surface area contributed by atoms with Crippen LogP contribution in [0.1, 0.15) is 76.6 Å². The Labute approximate surface area is 197 Å². The summed E-state index contributed by atoms with van der Waals surface area (Å²) in [5, 5.41) is 9.60. The molecule has 8 heteroatoms. The molecule has 4 rings (SSSR count). The summed E-state index contributed by atoms with van der Waals surface area (Å²) in [4.78, 5) is 15.0.